The number of nitriles is 1. The number of carbonyl (C=O) groups is 1. The Kier molecular flexibility index (Phi) is 4.86. The number of ether oxygens (including phenoxy) is 1. The van der Waals surface area contributed by atoms with Crippen molar-refractivity contribution in [3.63, 3.8) is 0 Å². The van der Waals surface area contributed by atoms with Crippen LogP contribution in [0.4, 0.5) is 0 Å². The third kappa shape index (κ3) is 4.27. The highest BCUT2D eigenvalue weighted by Gasteiger charge is 2.18. The largest absolute Gasteiger partial charge is 0.476 e. The summed E-state index contributed by atoms with van der Waals surface area (Å²) in [6, 6.07) is 5.72. The number of hydrogen-bond acceptors (Lipinski definition) is 6. The summed E-state index contributed by atoms with van der Waals surface area (Å²) in [5, 5.41) is 9.03. The van der Waals surface area contributed by atoms with Gasteiger partial charge in [0.15, 0.2) is 5.65 Å². The second-order valence-electron chi connectivity index (χ2n) is 6.60. The van der Waals surface area contributed by atoms with Crippen molar-refractivity contribution in [2.75, 3.05) is 6.61 Å². The summed E-state index contributed by atoms with van der Waals surface area (Å²) < 4.78 is 5.56. The van der Waals surface area contributed by atoms with Gasteiger partial charge in [-0.25, -0.2) is 15.0 Å². The van der Waals surface area contributed by atoms with Crippen LogP contribution in [0.25, 0.3) is 28.5 Å². The smallest absolute Gasteiger partial charge is 0.241 e. The van der Waals surface area contributed by atoms with Gasteiger partial charge < -0.3 is 15.5 Å². The average Bonchev–Trinajstić information content (AvgIpc) is 3.07. The first kappa shape index (κ1) is 18.1. The minimum atomic E-state index is -0.583. The van der Waals surface area contributed by atoms with E-state index in [1.54, 1.807) is 44.6 Å². The van der Waals surface area contributed by atoms with Crippen LogP contribution in [0, 0.1) is 16.7 Å². The molecule has 27 heavy (non-hydrogen) atoms. The van der Waals surface area contributed by atoms with Gasteiger partial charge in [-0.1, -0.05) is 0 Å². The van der Waals surface area contributed by atoms with Gasteiger partial charge in [0.25, 0.3) is 0 Å². The highest BCUT2D eigenvalue weighted by molar-refractivity contribution is 5.93. The summed E-state index contributed by atoms with van der Waals surface area (Å²) in [6.07, 6.45) is 7.84. The van der Waals surface area contributed by atoms with Crippen LogP contribution in [0.1, 0.15) is 19.4 Å². The molecule has 3 N–H and O–H groups in total. The number of nitrogens with one attached hydrogen (secondary N) is 1. The maximum absolute atomic E-state index is 10.9. The molecule has 0 atom stereocenters. The maximum Gasteiger partial charge on any atom is 0.241 e. The van der Waals surface area contributed by atoms with Gasteiger partial charge in [-0.3, -0.25) is 4.79 Å². The molecule has 0 radical (unpaired) electrons. The van der Waals surface area contributed by atoms with Gasteiger partial charge in [-0.2, -0.15) is 5.26 Å². The van der Waals surface area contributed by atoms with Crippen LogP contribution >= 0.6 is 0 Å². The van der Waals surface area contributed by atoms with E-state index in [0.717, 1.165) is 5.56 Å². The zero-order chi connectivity index (χ0) is 19.4. The summed E-state index contributed by atoms with van der Waals surface area (Å²) in [5.74, 6) is -0.101. The number of hydrogen-bond donors (Lipinski definition) is 2. The number of fused-ring (bicyclic) bond motifs is 1. The van der Waals surface area contributed by atoms with E-state index in [0.29, 0.717) is 28.3 Å². The van der Waals surface area contributed by atoms with Crippen molar-refractivity contribution in [3.05, 3.63) is 42.4 Å². The van der Waals surface area contributed by atoms with E-state index >= 15 is 0 Å². The summed E-state index contributed by atoms with van der Waals surface area (Å²) in [7, 11) is 0. The zero-order valence-electron chi connectivity index (χ0n) is 14.9. The zero-order valence-corrected chi connectivity index (χ0v) is 14.9. The Morgan fingerprint density at radius 2 is 2.19 bits per heavy atom. The summed E-state index contributed by atoms with van der Waals surface area (Å²) >= 11 is 0. The van der Waals surface area contributed by atoms with Crippen LogP contribution in [0.2, 0.25) is 0 Å². The molecule has 0 bridgehead atoms. The maximum atomic E-state index is 10.9. The van der Waals surface area contributed by atoms with Crippen molar-refractivity contribution in [2.45, 2.75) is 13.8 Å². The van der Waals surface area contributed by atoms with Gasteiger partial charge >= 0.3 is 0 Å². The predicted molar refractivity (Wildman–Crippen MR) is 100 cm³/mol. The number of H-pyrrole nitrogens is 1. The van der Waals surface area contributed by atoms with E-state index in [4.69, 9.17) is 15.7 Å². The normalized spacial score (nSPS) is 11.6. The molecule has 0 aliphatic rings. The average molecular weight is 362 g/mol. The van der Waals surface area contributed by atoms with E-state index < -0.39 is 11.3 Å². The number of aromatic amines is 1. The van der Waals surface area contributed by atoms with Crippen LogP contribution in [-0.4, -0.2) is 32.4 Å². The number of aromatic nitrogens is 4. The molecule has 0 aliphatic carbocycles. The van der Waals surface area contributed by atoms with E-state index in [-0.39, 0.29) is 6.61 Å². The molecular weight excluding hydrogens is 344 g/mol. The van der Waals surface area contributed by atoms with Crippen molar-refractivity contribution < 1.29 is 9.53 Å². The number of primary amides is 1. The molecule has 0 unspecified atom stereocenters. The Morgan fingerprint density at radius 3 is 2.85 bits per heavy atom. The fourth-order valence-electron chi connectivity index (χ4n) is 2.25. The molecular formula is C19H18N6O2. The number of nitrogens with zero attached hydrogens (tertiary/aromatic N) is 4. The summed E-state index contributed by atoms with van der Waals surface area (Å²) in [4.78, 5) is 27.1. The Balaban J connectivity index is 1.84. The monoisotopic (exact) mass is 362 g/mol. The lowest BCUT2D eigenvalue weighted by Crippen LogP contribution is -2.19. The van der Waals surface area contributed by atoms with Gasteiger partial charge in [-0.05, 0) is 26.0 Å². The lowest BCUT2D eigenvalue weighted by atomic mass is 9.98. The van der Waals surface area contributed by atoms with Gasteiger partial charge in [-0.15, -0.1) is 0 Å². The van der Waals surface area contributed by atoms with Gasteiger partial charge in [0.1, 0.15) is 12.1 Å². The molecule has 3 aromatic rings. The Labute approximate surface area is 155 Å². The lowest BCUT2D eigenvalue weighted by molar-refractivity contribution is -0.113. The quantitative estimate of drug-likeness (QED) is 0.648. The molecule has 0 aliphatic heterocycles. The Bertz CT molecular complexity index is 1040. The van der Waals surface area contributed by atoms with Crippen LogP contribution in [0.15, 0.2) is 36.8 Å². The summed E-state index contributed by atoms with van der Waals surface area (Å²) in [5.41, 5.74) is 7.90. The van der Waals surface area contributed by atoms with Crippen molar-refractivity contribution in [1.82, 2.24) is 19.9 Å². The minimum Gasteiger partial charge on any atom is -0.476 e. The standard InChI is InChI=1S/C19H18N6O2/c1-19(2,10-20)11-27-16-6-4-12(7-22-16)14-9-24-18-17(25-14)13(8-23-18)3-5-15(21)26/h3-9H,11H2,1-2H3,(H2,21,26)(H,23,24). The Hall–Kier alpha value is -3.73. The fourth-order valence-corrected chi connectivity index (χ4v) is 2.25. The minimum absolute atomic E-state index is 0.251. The first-order valence-electron chi connectivity index (χ1n) is 8.20. The first-order chi connectivity index (χ1) is 12.9. The molecule has 1 amide bonds. The molecule has 8 nitrogen and oxygen atoms in total. The molecule has 136 valence electrons. The van der Waals surface area contributed by atoms with Crippen molar-refractivity contribution in [1.29, 1.82) is 5.26 Å². The van der Waals surface area contributed by atoms with Crippen molar-refractivity contribution >= 4 is 23.1 Å². The highest BCUT2D eigenvalue weighted by atomic mass is 16.5. The first-order valence-corrected chi connectivity index (χ1v) is 8.20. The van der Waals surface area contributed by atoms with Crippen molar-refractivity contribution in [2.24, 2.45) is 11.1 Å². The lowest BCUT2D eigenvalue weighted by Gasteiger charge is -2.15. The molecule has 0 saturated carbocycles. The molecule has 3 rings (SSSR count). The SMILES string of the molecule is CC(C)(C#N)COc1ccc(-c2cnc3[nH]cc(C=CC(N)=O)c3n2)cn1. The number of pyridine rings is 1. The topological polar surface area (TPSA) is 131 Å². The van der Waals surface area contributed by atoms with E-state index in [1.165, 1.54) is 6.08 Å². The van der Waals surface area contributed by atoms with E-state index in [1.807, 2.05) is 6.07 Å². The van der Waals surface area contributed by atoms with Crippen LogP contribution < -0.4 is 10.5 Å². The third-order valence-corrected chi connectivity index (χ3v) is 3.75. The van der Waals surface area contributed by atoms with Gasteiger partial charge in [0.05, 0.1) is 23.4 Å². The second kappa shape index (κ2) is 7.25. The third-order valence-electron chi connectivity index (χ3n) is 3.75. The Morgan fingerprint density at radius 1 is 1.37 bits per heavy atom. The molecule has 3 heterocycles. The summed E-state index contributed by atoms with van der Waals surface area (Å²) in [6.45, 7) is 3.85. The van der Waals surface area contributed by atoms with Crippen LogP contribution in [0.5, 0.6) is 5.88 Å². The van der Waals surface area contributed by atoms with Crippen molar-refractivity contribution in [3.8, 4) is 23.2 Å². The number of nitrogens with two attached hydrogens (primary N) is 1. The van der Waals surface area contributed by atoms with E-state index in [9.17, 15) is 4.79 Å². The molecule has 0 aromatic carbocycles. The van der Waals surface area contributed by atoms with E-state index in [2.05, 4.69) is 26.0 Å². The van der Waals surface area contributed by atoms with Gasteiger partial charge in [0, 0.05) is 35.7 Å². The molecule has 0 saturated heterocycles. The molecule has 3 aromatic heterocycles. The molecule has 8 heteroatoms. The second-order valence-corrected chi connectivity index (χ2v) is 6.60. The predicted octanol–water partition coefficient (Wildman–Crippen LogP) is 2.45. The fraction of sp³-hybridized carbons (Fsp3) is 0.211. The highest BCUT2D eigenvalue weighted by Crippen LogP contribution is 2.23. The van der Waals surface area contributed by atoms with Crippen LogP contribution in [0.3, 0.4) is 0 Å². The number of rotatable bonds is 6. The molecule has 0 fully saturated rings. The molecule has 0 spiro atoms. The number of amides is 1. The van der Waals surface area contributed by atoms with Gasteiger partial charge in [0.2, 0.25) is 11.8 Å². The van der Waals surface area contributed by atoms with Crippen LogP contribution in [-0.2, 0) is 4.79 Å². The number of carbonyl (C=O) groups excluding carboxylic acids is 1.